The third kappa shape index (κ3) is 3.62. The third-order valence-corrected chi connectivity index (χ3v) is 4.31. The van der Waals surface area contributed by atoms with Gasteiger partial charge < -0.3 is 10.2 Å². The van der Waals surface area contributed by atoms with Gasteiger partial charge in [0.15, 0.2) is 5.56 Å². The molecule has 1 aliphatic rings. The zero-order chi connectivity index (χ0) is 19.6. The molecule has 9 heteroatoms. The van der Waals surface area contributed by atoms with Crippen molar-refractivity contribution in [1.82, 2.24) is 15.2 Å². The maximum atomic E-state index is 14.1. The number of pyridine rings is 1. The first-order valence-corrected chi connectivity index (χ1v) is 8.41. The molecule has 1 aromatic heterocycles. The molecule has 0 aliphatic carbocycles. The molecule has 0 radical (unpaired) electrons. The van der Waals surface area contributed by atoms with Gasteiger partial charge in [0.2, 0.25) is 0 Å². The van der Waals surface area contributed by atoms with Crippen LogP contribution in [0.1, 0.15) is 39.0 Å². The van der Waals surface area contributed by atoms with E-state index < -0.39 is 27.9 Å². The Morgan fingerprint density at radius 2 is 2.11 bits per heavy atom. The second-order valence-electron chi connectivity index (χ2n) is 6.03. The lowest BCUT2D eigenvalue weighted by molar-refractivity contribution is -0.385. The van der Waals surface area contributed by atoms with Crippen molar-refractivity contribution in [3.05, 3.63) is 68.8 Å². The van der Waals surface area contributed by atoms with Crippen molar-refractivity contribution in [3.8, 4) is 0 Å². The summed E-state index contributed by atoms with van der Waals surface area (Å²) in [7, 11) is 0. The molecule has 3 rings (SSSR count). The second-order valence-corrected chi connectivity index (χ2v) is 6.03. The Labute approximate surface area is 154 Å². The Hall–Kier alpha value is -3.36. The van der Waals surface area contributed by atoms with Crippen molar-refractivity contribution in [2.24, 2.45) is 0 Å². The highest BCUT2D eigenvalue weighted by molar-refractivity contribution is 5.98. The Morgan fingerprint density at radius 3 is 2.81 bits per heavy atom. The van der Waals surface area contributed by atoms with Crippen LogP contribution in [0.2, 0.25) is 0 Å². The lowest BCUT2D eigenvalue weighted by Gasteiger charge is -2.28. The van der Waals surface area contributed by atoms with E-state index in [-0.39, 0.29) is 19.0 Å². The predicted molar refractivity (Wildman–Crippen MR) is 93.7 cm³/mol. The zero-order valence-electron chi connectivity index (χ0n) is 14.6. The highest BCUT2D eigenvalue weighted by Gasteiger charge is 2.30. The molecule has 2 aromatic rings. The van der Waals surface area contributed by atoms with Gasteiger partial charge in [-0.15, -0.1) is 0 Å². The van der Waals surface area contributed by atoms with E-state index in [1.54, 1.807) is 12.1 Å². The molecule has 1 aliphatic heterocycles. The summed E-state index contributed by atoms with van der Waals surface area (Å²) < 4.78 is 14.1. The lowest BCUT2D eigenvalue weighted by Crippen LogP contribution is -2.37. The molecule has 0 bridgehead atoms. The number of halogens is 1. The van der Waals surface area contributed by atoms with Gasteiger partial charge in [-0.25, -0.2) is 9.37 Å². The Kier molecular flexibility index (Phi) is 5.11. The van der Waals surface area contributed by atoms with Gasteiger partial charge in [-0.3, -0.25) is 19.7 Å². The van der Waals surface area contributed by atoms with Crippen LogP contribution in [0.3, 0.4) is 0 Å². The van der Waals surface area contributed by atoms with Crippen molar-refractivity contribution in [2.75, 3.05) is 13.1 Å². The fourth-order valence-corrected chi connectivity index (χ4v) is 3.00. The SMILES string of the molecule is CCNC(=O)c1ccc2c(n1)CCN(C(=O)c1c(F)cccc1[N+](=O)[O-])C2. The number of amides is 2. The number of fused-ring (bicyclic) bond motifs is 1. The first-order valence-electron chi connectivity index (χ1n) is 8.41. The number of carbonyl (C=O) groups is 2. The smallest absolute Gasteiger partial charge is 0.285 e. The van der Waals surface area contributed by atoms with Gasteiger partial charge in [0.25, 0.3) is 17.5 Å². The van der Waals surface area contributed by atoms with Gasteiger partial charge in [-0.1, -0.05) is 12.1 Å². The molecule has 0 saturated carbocycles. The first-order chi connectivity index (χ1) is 12.9. The molecule has 1 N–H and O–H groups in total. The number of benzene rings is 1. The summed E-state index contributed by atoms with van der Waals surface area (Å²) >= 11 is 0. The Bertz CT molecular complexity index is 932. The zero-order valence-corrected chi connectivity index (χ0v) is 14.6. The summed E-state index contributed by atoms with van der Waals surface area (Å²) in [4.78, 5) is 40.6. The quantitative estimate of drug-likeness (QED) is 0.653. The van der Waals surface area contributed by atoms with E-state index in [0.29, 0.717) is 24.4 Å². The normalized spacial score (nSPS) is 13.0. The summed E-state index contributed by atoms with van der Waals surface area (Å²) in [5.74, 6) is -1.94. The largest absolute Gasteiger partial charge is 0.351 e. The van der Waals surface area contributed by atoms with Crippen molar-refractivity contribution in [3.63, 3.8) is 0 Å². The number of nitrogens with zero attached hydrogens (tertiary/aromatic N) is 3. The molecule has 0 spiro atoms. The average molecular weight is 372 g/mol. The van der Waals surface area contributed by atoms with Crippen LogP contribution in [0.25, 0.3) is 0 Å². The highest BCUT2D eigenvalue weighted by atomic mass is 19.1. The van der Waals surface area contributed by atoms with Crippen molar-refractivity contribution in [1.29, 1.82) is 0 Å². The number of carbonyl (C=O) groups excluding carboxylic acids is 2. The molecule has 140 valence electrons. The number of hydrogen-bond acceptors (Lipinski definition) is 5. The van der Waals surface area contributed by atoms with Gasteiger partial charge in [-0.05, 0) is 24.6 Å². The van der Waals surface area contributed by atoms with Crippen LogP contribution in [0.4, 0.5) is 10.1 Å². The van der Waals surface area contributed by atoms with E-state index in [4.69, 9.17) is 0 Å². The maximum absolute atomic E-state index is 14.1. The molecular weight excluding hydrogens is 355 g/mol. The second kappa shape index (κ2) is 7.48. The fraction of sp³-hybridized carbons (Fsp3) is 0.278. The van der Waals surface area contributed by atoms with Crippen LogP contribution < -0.4 is 5.32 Å². The number of nitro groups is 1. The highest BCUT2D eigenvalue weighted by Crippen LogP contribution is 2.26. The molecule has 0 unspecified atom stereocenters. The molecule has 2 heterocycles. The molecule has 8 nitrogen and oxygen atoms in total. The molecule has 0 atom stereocenters. The Morgan fingerprint density at radius 1 is 1.33 bits per heavy atom. The van der Waals surface area contributed by atoms with E-state index in [9.17, 15) is 24.1 Å². The van der Waals surface area contributed by atoms with Crippen LogP contribution in [-0.2, 0) is 13.0 Å². The minimum Gasteiger partial charge on any atom is -0.351 e. The van der Waals surface area contributed by atoms with Gasteiger partial charge in [0, 0.05) is 37.8 Å². The number of hydrogen-bond donors (Lipinski definition) is 1. The Balaban J connectivity index is 1.86. The van der Waals surface area contributed by atoms with E-state index in [2.05, 4.69) is 10.3 Å². The fourth-order valence-electron chi connectivity index (χ4n) is 3.00. The van der Waals surface area contributed by atoms with Gasteiger partial charge in [0.05, 0.1) is 4.92 Å². The van der Waals surface area contributed by atoms with Crippen LogP contribution in [0, 0.1) is 15.9 Å². The summed E-state index contributed by atoms with van der Waals surface area (Å²) in [6.07, 6.45) is 0.372. The minimum absolute atomic E-state index is 0.141. The number of aromatic nitrogens is 1. The molecule has 0 saturated heterocycles. The summed E-state index contributed by atoms with van der Waals surface area (Å²) in [6, 6.07) is 6.58. The predicted octanol–water partition coefficient (Wildman–Crippen LogP) is 2.08. The van der Waals surface area contributed by atoms with Crippen LogP contribution in [0.15, 0.2) is 30.3 Å². The van der Waals surface area contributed by atoms with Gasteiger partial charge in [0.1, 0.15) is 11.5 Å². The standard InChI is InChI=1S/C18H17FN4O4/c1-2-20-17(24)14-7-6-11-10-22(9-8-13(11)21-14)18(25)16-12(19)4-3-5-15(16)23(26)27/h3-7H,2,8-10H2,1H3,(H,20,24). The summed E-state index contributed by atoms with van der Waals surface area (Å²) in [5, 5.41) is 13.8. The average Bonchev–Trinajstić information content (AvgIpc) is 2.66. The van der Waals surface area contributed by atoms with Crippen molar-refractivity contribution < 1.29 is 18.9 Å². The van der Waals surface area contributed by atoms with E-state index in [1.165, 1.54) is 11.0 Å². The lowest BCUT2D eigenvalue weighted by atomic mass is 10.0. The maximum Gasteiger partial charge on any atom is 0.285 e. The number of nitrogens with one attached hydrogen (secondary N) is 1. The van der Waals surface area contributed by atoms with Crippen molar-refractivity contribution in [2.45, 2.75) is 19.9 Å². The van der Waals surface area contributed by atoms with Crippen LogP contribution >= 0.6 is 0 Å². The number of nitro benzene ring substituents is 1. The van der Waals surface area contributed by atoms with E-state index >= 15 is 0 Å². The van der Waals surface area contributed by atoms with E-state index in [0.717, 1.165) is 17.7 Å². The monoisotopic (exact) mass is 372 g/mol. The molecule has 1 aromatic carbocycles. The third-order valence-electron chi connectivity index (χ3n) is 4.31. The minimum atomic E-state index is -0.926. The first kappa shape index (κ1) is 18.4. The molecule has 27 heavy (non-hydrogen) atoms. The van der Waals surface area contributed by atoms with Gasteiger partial charge in [-0.2, -0.15) is 0 Å². The van der Waals surface area contributed by atoms with Crippen LogP contribution in [-0.4, -0.2) is 39.7 Å². The summed E-state index contributed by atoms with van der Waals surface area (Å²) in [5.41, 5.74) is 0.598. The molecule has 0 fully saturated rings. The topological polar surface area (TPSA) is 105 Å². The molecular formula is C18H17FN4O4. The molecule has 2 amide bonds. The van der Waals surface area contributed by atoms with E-state index in [1.807, 2.05) is 6.92 Å². The summed E-state index contributed by atoms with van der Waals surface area (Å²) in [6.45, 7) is 2.66. The number of rotatable bonds is 4. The van der Waals surface area contributed by atoms with Crippen LogP contribution in [0.5, 0.6) is 0 Å². The van der Waals surface area contributed by atoms with Gasteiger partial charge >= 0.3 is 0 Å². The van der Waals surface area contributed by atoms with Crippen molar-refractivity contribution >= 4 is 17.5 Å².